The molecule has 0 radical (unpaired) electrons. The third kappa shape index (κ3) is 44.3. The molecular formula is C65H112O9. The molecule has 1 saturated heterocycles. The van der Waals surface area contributed by atoms with E-state index < -0.39 is 43.4 Å². The minimum atomic E-state index is -1.55. The number of esters is 1. The van der Waals surface area contributed by atoms with Crippen LogP contribution in [0.5, 0.6) is 0 Å². The van der Waals surface area contributed by atoms with E-state index in [0.29, 0.717) is 13.0 Å². The minimum Gasteiger partial charge on any atom is -0.457 e. The number of hydrogen-bond acceptors (Lipinski definition) is 9. The number of carbonyl (C=O) groups is 1. The van der Waals surface area contributed by atoms with E-state index >= 15 is 0 Å². The van der Waals surface area contributed by atoms with Gasteiger partial charge in [0.1, 0.15) is 30.5 Å². The third-order valence-corrected chi connectivity index (χ3v) is 13.5. The summed E-state index contributed by atoms with van der Waals surface area (Å²) in [4.78, 5) is 12.9. The van der Waals surface area contributed by atoms with Gasteiger partial charge in [0.15, 0.2) is 6.29 Å². The predicted molar refractivity (Wildman–Crippen MR) is 311 cm³/mol. The molecular weight excluding hydrogens is 925 g/mol. The summed E-state index contributed by atoms with van der Waals surface area (Å²) < 4.78 is 23.0. The van der Waals surface area contributed by atoms with E-state index in [2.05, 4.69) is 111 Å². The Balaban J connectivity index is 2.18. The van der Waals surface area contributed by atoms with Crippen molar-refractivity contribution in [2.75, 3.05) is 26.4 Å². The molecule has 9 heteroatoms. The lowest BCUT2D eigenvalue weighted by molar-refractivity contribution is -0.305. The van der Waals surface area contributed by atoms with Gasteiger partial charge in [-0.1, -0.05) is 239 Å². The van der Waals surface area contributed by atoms with Crippen molar-refractivity contribution in [3.8, 4) is 0 Å². The highest BCUT2D eigenvalue weighted by Crippen LogP contribution is 2.23. The summed E-state index contributed by atoms with van der Waals surface area (Å²) >= 11 is 0. The lowest BCUT2D eigenvalue weighted by Crippen LogP contribution is -2.59. The van der Waals surface area contributed by atoms with Gasteiger partial charge >= 0.3 is 5.97 Å². The molecule has 0 saturated carbocycles. The van der Waals surface area contributed by atoms with Crippen LogP contribution in [0.25, 0.3) is 0 Å². The van der Waals surface area contributed by atoms with Crippen LogP contribution in [-0.2, 0) is 23.7 Å². The van der Waals surface area contributed by atoms with Crippen molar-refractivity contribution in [2.24, 2.45) is 0 Å². The molecule has 6 atom stereocenters. The zero-order chi connectivity index (χ0) is 53.5. The van der Waals surface area contributed by atoms with E-state index in [9.17, 15) is 25.2 Å². The quantitative estimate of drug-likeness (QED) is 0.0267. The summed E-state index contributed by atoms with van der Waals surface area (Å²) in [5, 5.41) is 40.4. The van der Waals surface area contributed by atoms with Gasteiger partial charge in [0, 0.05) is 13.0 Å². The van der Waals surface area contributed by atoms with Gasteiger partial charge in [-0.15, -0.1) is 0 Å². The van der Waals surface area contributed by atoms with Crippen molar-refractivity contribution >= 4 is 5.97 Å². The molecule has 74 heavy (non-hydrogen) atoms. The average Bonchev–Trinajstić information content (AvgIpc) is 3.40. The zero-order valence-electron chi connectivity index (χ0n) is 47.3. The predicted octanol–water partition coefficient (Wildman–Crippen LogP) is 16.3. The molecule has 1 heterocycles. The van der Waals surface area contributed by atoms with Crippen LogP contribution < -0.4 is 0 Å². The van der Waals surface area contributed by atoms with Crippen molar-refractivity contribution in [3.63, 3.8) is 0 Å². The van der Waals surface area contributed by atoms with Crippen LogP contribution >= 0.6 is 0 Å². The monoisotopic (exact) mass is 1040 g/mol. The van der Waals surface area contributed by atoms with Gasteiger partial charge in [-0.2, -0.15) is 0 Å². The highest BCUT2D eigenvalue weighted by atomic mass is 16.7. The van der Waals surface area contributed by atoms with Crippen LogP contribution in [0.2, 0.25) is 0 Å². The first-order valence-electron chi connectivity index (χ1n) is 30.3. The number of unbranched alkanes of at least 4 members (excludes halogenated alkanes) is 25. The van der Waals surface area contributed by atoms with Gasteiger partial charge in [0.25, 0.3) is 0 Å². The molecule has 0 amide bonds. The lowest BCUT2D eigenvalue weighted by Gasteiger charge is -2.39. The highest BCUT2D eigenvalue weighted by Gasteiger charge is 2.44. The van der Waals surface area contributed by atoms with Gasteiger partial charge in [0.2, 0.25) is 0 Å². The fourth-order valence-corrected chi connectivity index (χ4v) is 8.82. The van der Waals surface area contributed by atoms with E-state index in [1.165, 1.54) is 128 Å². The maximum atomic E-state index is 12.9. The molecule has 9 nitrogen and oxygen atoms in total. The van der Waals surface area contributed by atoms with E-state index in [-0.39, 0.29) is 19.2 Å². The van der Waals surface area contributed by atoms with E-state index in [1.807, 2.05) is 0 Å². The second kappa shape index (κ2) is 54.9. The van der Waals surface area contributed by atoms with Gasteiger partial charge in [0.05, 0.1) is 19.8 Å². The SMILES string of the molecule is CC/C=C\C/C=C\C/C=C\C/C=C\C/C=C\C/C=C\C/C=C\CCCCCCOCC(COC1OC(CO)C(O)C(O)C1O)OC(=O)CCCCCCCCCCCCCCC/C=C\CCCCCCCCCC. The van der Waals surface area contributed by atoms with Crippen molar-refractivity contribution in [1.29, 1.82) is 0 Å². The van der Waals surface area contributed by atoms with Gasteiger partial charge in [-0.25, -0.2) is 0 Å². The molecule has 1 fully saturated rings. The number of aliphatic hydroxyl groups is 4. The molecule has 0 aromatic heterocycles. The molecule has 0 bridgehead atoms. The number of aliphatic hydroxyl groups excluding tert-OH is 4. The zero-order valence-corrected chi connectivity index (χ0v) is 47.3. The van der Waals surface area contributed by atoms with Crippen molar-refractivity contribution in [1.82, 2.24) is 0 Å². The Hall–Kier alpha value is -2.89. The molecule has 0 aliphatic carbocycles. The first-order chi connectivity index (χ1) is 36.4. The van der Waals surface area contributed by atoms with Gasteiger partial charge < -0.3 is 39.4 Å². The standard InChI is InChI=1S/C65H112O9/c1-3-5-7-9-11-13-15-17-19-21-23-25-27-29-31-33-35-37-39-41-43-45-47-49-51-53-55-71-57-59(58-72-65-64(70)63(69)62(68)60(56-66)74-65)73-61(67)54-52-50-48-46-44-42-40-38-36-34-32-30-28-26-24-22-20-18-16-14-12-10-8-6-4-2/h5,7,11,13,17,19,22-25,29,31,35,37,41,43,59-60,62-66,68-70H,3-4,6,8-10,12,14-16,18,20-21,26-28,30,32-34,36,38-40,42,44-58H2,1-2H3/b7-5-,13-11-,19-17-,24-22-,25-23-,31-29-,37-35-,43-41-. The van der Waals surface area contributed by atoms with Gasteiger partial charge in [-0.05, 0) is 96.3 Å². The molecule has 6 unspecified atom stereocenters. The van der Waals surface area contributed by atoms with Crippen molar-refractivity contribution in [2.45, 2.75) is 282 Å². The Morgan fingerprint density at radius 1 is 0.446 bits per heavy atom. The van der Waals surface area contributed by atoms with Crippen LogP contribution in [0.3, 0.4) is 0 Å². The Labute approximate surface area is 453 Å². The molecule has 1 rings (SSSR count). The number of hydrogen-bond donors (Lipinski definition) is 4. The molecule has 0 aromatic carbocycles. The van der Waals surface area contributed by atoms with E-state index in [0.717, 1.165) is 96.3 Å². The van der Waals surface area contributed by atoms with Crippen LogP contribution in [0, 0.1) is 0 Å². The maximum Gasteiger partial charge on any atom is 0.306 e. The van der Waals surface area contributed by atoms with Gasteiger partial charge in [-0.3, -0.25) is 4.79 Å². The summed E-state index contributed by atoms with van der Waals surface area (Å²) in [5.74, 6) is -0.324. The van der Waals surface area contributed by atoms with Crippen LogP contribution in [0.4, 0.5) is 0 Å². The smallest absolute Gasteiger partial charge is 0.306 e. The summed E-state index contributed by atoms with van der Waals surface area (Å²) in [6.07, 6.45) is 70.3. The Bertz CT molecular complexity index is 1460. The molecule has 4 N–H and O–H groups in total. The second-order valence-corrected chi connectivity index (χ2v) is 20.4. The highest BCUT2D eigenvalue weighted by molar-refractivity contribution is 5.69. The van der Waals surface area contributed by atoms with Crippen molar-refractivity contribution in [3.05, 3.63) is 97.2 Å². The molecule has 1 aliphatic rings. The Morgan fingerprint density at radius 3 is 1.26 bits per heavy atom. The minimum absolute atomic E-state index is 0.123. The first kappa shape index (κ1) is 69.1. The molecule has 1 aliphatic heterocycles. The Morgan fingerprint density at radius 2 is 0.824 bits per heavy atom. The molecule has 0 aromatic rings. The summed E-state index contributed by atoms with van der Waals surface area (Å²) in [6, 6.07) is 0. The number of carbonyl (C=O) groups excluding carboxylic acids is 1. The number of allylic oxidation sites excluding steroid dienone is 16. The summed E-state index contributed by atoms with van der Waals surface area (Å²) in [5.41, 5.74) is 0. The lowest BCUT2D eigenvalue weighted by atomic mass is 9.99. The largest absolute Gasteiger partial charge is 0.457 e. The van der Waals surface area contributed by atoms with E-state index in [4.69, 9.17) is 18.9 Å². The van der Waals surface area contributed by atoms with Crippen LogP contribution in [0.15, 0.2) is 97.2 Å². The number of rotatable bonds is 52. The first-order valence-corrected chi connectivity index (χ1v) is 30.3. The fraction of sp³-hybridized carbons (Fsp3) is 0.738. The summed E-state index contributed by atoms with van der Waals surface area (Å²) in [6.45, 7) is 4.40. The molecule has 0 spiro atoms. The van der Waals surface area contributed by atoms with Crippen molar-refractivity contribution < 1.29 is 44.2 Å². The van der Waals surface area contributed by atoms with E-state index in [1.54, 1.807) is 0 Å². The fourth-order valence-electron chi connectivity index (χ4n) is 8.82. The average molecular weight is 1040 g/mol. The number of ether oxygens (including phenoxy) is 4. The third-order valence-electron chi connectivity index (χ3n) is 13.5. The topological polar surface area (TPSA) is 135 Å². The summed E-state index contributed by atoms with van der Waals surface area (Å²) in [7, 11) is 0. The maximum absolute atomic E-state index is 12.9. The normalized spacial score (nSPS) is 19.2. The Kier molecular flexibility index (Phi) is 51.3. The molecule has 426 valence electrons. The second-order valence-electron chi connectivity index (χ2n) is 20.4. The van der Waals surface area contributed by atoms with Crippen LogP contribution in [-0.4, -0.2) is 89.6 Å². The van der Waals surface area contributed by atoms with Crippen LogP contribution in [0.1, 0.15) is 245 Å².